The molecule has 0 saturated heterocycles. The molecule has 0 radical (unpaired) electrons. The number of amides is 1. The molecule has 0 saturated carbocycles. The molecule has 3 aromatic heterocycles. The molecule has 0 atom stereocenters. The number of carbonyl (C=O) groups excluding carboxylic acids is 1. The topological polar surface area (TPSA) is 85.6 Å². The van der Waals surface area contributed by atoms with Crippen LogP contribution in [-0.4, -0.2) is 30.9 Å². The summed E-state index contributed by atoms with van der Waals surface area (Å²) in [5.74, 6) is 0.242. The molecule has 3 heterocycles. The first-order valence-corrected chi connectivity index (χ1v) is 10.8. The molecule has 0 spiro atoms. The van der Waals surface area contributed by atoms with Crippen molar-refractivity contribution in [2.24, 2.45) is 5.92 Å². The molecule has 0 aliphatic heterocycles. The summed E-state index contributed by atoms with van der Waals surface area (Å²) in [5, 5.41) is 17.8. The van der Waals surface area contributed by atoms with E-state index in [0.717, 1.165) is 22.7 Å². The van der Waals surface area contributed by atoms with E-state index in [4.69, 9.17) is 4.98 Å². The lowest BCUT2D eigenvalue weighted by Crippen LogP contribution is -2.13. The van der Waals surface area contributed by atoms with Crippen LogP contribution in [0.5, 0.6) is 0 Å². The van der Waals surface area contributed by atoms with Gasteiger partial charge in [-0.1, -0.05) is 55.5 Å². The summed E-state index contributed by atoms with van der Waals surface area (Å²) < 4.78 is 1.84. The Hall–Kier alpha value is -3.13. The Bertz CT molecular complexity index is 1180. The molecule has 1 aromatic carbocycles. The predicted molar refractivity (Wildman–Crippen MR) is 120 cm³/mol. The quantitative estimate of drug-likeness (QED) is 0.475. The van der Waals surface area contributed by atoms with Gasteiger partial charge in [0, 0.05) is 18.0 Å². The Morgan fingerprint density at radius 3 is 2.60 bits per heavy atom. The molecule has 0 aliphatic carbocycles. The van der Waals surface area contributed by atoms with E-state index in [9.17, 15) is 4.79 Å². The average Bonchev–Trinajstić information content (AvgIpc) is 3.34. The van der Waals surface area contributed by atoms with E-state index in [0.29, 0.717) is 27.6 Å². The summed E-state index contributed by atoms with van der Waals surface area (Å²) >= 11 is 1.41. The zero-order valence-electron chi connectivity index (χ0n) is 17.5. The Morgan fingerprint density at radius 1 is 1.13 bits per heavy atom. The van der Waals surface area contributed by atoms with Crippen molar-refractivity contribution in [2.75, 3.05) is 5.32 Å². The Balaban J connectivity index is 1.75. The Kier molecular flexibility index (Phi) is 5.59. The molecule has 0 fully saturated rings. The lowest BCUT2D eigenvalue weighted by Gasteiger charge is -2.10. The number of fused-ring (bicyclic) bond motifs is 1. The molecule has 0 aliphatic rings. The second-order valence-corrected chi connectivity index (χ2v) is 8.96. The first-order valence-electron chi connectivity index (χ1n) is 9.99. The smallest absolute Gasteiger partial charge is 0.258 e. The van der Waals surface area contributed by atoms with E-state index in [1.54, 1.807) is 6.20 Å². The van der Waals surface area contributed by atoms with Crippen molar-refractivity contribution in [2.45, 2.75) is 40.2 Å². The van der Waals surface area contributed by atoms with Gasteiger partial charge in [-0.15, -0.1) is 10.2 Å². The number of anilines is 1. The van der Waals surface area contributed by atoms with Crippen LogP contribution < -0.4 is 5.32 Å². The van der Waals surface area contributed by atoms with E-state index in [-0.39, 0.29) is 11.9 Å². The summed E-state index contributed by atoms with van der Waals surface area (Å²) in [6, 6.07) is 11.8. The van der Waals surface area contributed by atoms with Gasteiger partial charge in [-0.25, -0.2) is 9.67 Å². The highest BCUT2D eigenvalue weighted by Gasteiger charge is 2.20. The van der Waals surface area contributed by atoms with Crippen LogP contribution in [0, 0.1) is 5.92 Å². The number of benzene rings is 1. The predicted octanol–water partition coefficient (Wildman–Crippen LogP) is 4.98. The molecule has 7 nitrogen and oxygen atoms in total. The number of hydrogen-bond acceptors (Lipinski definition) is 6. The standard InChI is InChI=1S/C22H24N6OS/c1-13(2)10-19-26-27-22(30-19)25-21(29)16-11-18(15-8-6-5-7-9-15)24-20-17(16)12-23-28(20)14(3)4/h5-9,11-14H,10H2,1-4H3,(H,25,27,29). The maximum Gasteiger partial charge on any atom is 0.258 e. The molecule has 30 heavy (non-hydrogen) atoms. The Labute approximate surface area is 179 Å². The lowest BCUT2D eigenvalue weighted by atomic mass is 10.1. The van der Waals surface area contributed by atoms with Crippen molar-refractivity contribution in [1.82, 2.24) is 25.0 Å². The van der Waals surface area contributed by atoms with E-state index in [1.807, 2.05) is 54.9 Å². The maximum absolute atomic E-state index is 13.2. The van der Waals surface area contributed by atoms with Gasteiger partial charge in [0.2, 0.25) is 5.13 Å². The number of aromatic nitrogens is 5. The van der Waals surface area contributed by atoms with Crippen molar-refractivity contribution in [3.8, 4) is 11.3 Å². The third kappa shape index (κ3) is 4.09. The first-order chi connectivity index (χ1) is 14.4. The van der Waals surface area contributed by atoms with Crippen LogP contribution >= 0.6 is 11.3 Å². The van der Waals surface area contributed by atoms with Gasteiger partial charge in [-0.3, -0.25) is 10.1 Å². The summed E-state index contributed by atoms with van der Waals surface area (Å²) in [6.07, 6.45) is 2.54. The highest BCUT2D eigenvalue weighted by Crippen LogP contribution is 2.27. The fourth-order valence-electron chi connectivity index (χ4n) is 3.24. The molecule has 0 bridgehead atoms. The van der Waals surface area contributed by atoms with E-state index < -0.39 is 0 Å². The van der Waals surface area contributed by atoms with Crippen LogP contribution in [0.1, 0.15) is 49.1 Å². The monoisotopic (exact) mass is 420 g/mol. The summed E-state index contributed by atoms with van der Waals surface area (Å²) in [4.78, 5) is 18.0. The van der Waals surface area contributed by atoms with Gasteiger partial charge in [-0.05, 0) is 25.8 Å². The van der Waals surface area contributed by atoms with E-state index in [1.165, 1.54) is 11.3 Å². The summed E-state index contributed by atoms with van der Waals surface area (Å²) in [7, 11) is 0. The molecule has 4 aromatic rings. The third-order valence-electron chi connectivity index (χ3n) is 4.64. The molecule has 4 rings (SSSR count). The van der Waals surface area contributed by atoms with Crippen molar-refractivity contribution in [3.05, 3.63) is 53.2 Å². The molecular weight excluding hydrogens is 396 g/mol. The van der Waals surface area contributed by atoms with Gasteiger partial charge < -0.3 is 0 Å². The second kappa shape index (κ2) is 8.31. The van der Waals surface area contributed by atoms with Gasteiger partial charge in [-0.2, -0.15) is 5.10 Å². The van der Waals surface area contributed by atoms with Gasteiger partial charge in [0.25, 0.3) is 5.91 Å². The van der Waals surface area contributed by atoms with Crippen molar-refractivity contribution >= 4 is 33.4 Å². The number of rotatable bonds is 6. The number of nitrogens with one attached hydrogen (secondary N) is 1. The van der Waals surface area contributed by atoms with Crippen molar-refractivity contribution in [3.63, 3.8) is 0 Å². The van der Waals surface area contributed by atoms with Crippen LogP contribution in [0.2, 0.25) is 0 Å². The molecule has 1 amide bonds. The highest BCUT2D eigenvalue weighted by atomic mass is 32.1. The normalized spacial score (nSPS) is 11.5. The van der Waals surface area contributed by atoms with Crippen LogP contribution in [0.15, 0.2) is 42.6 Å². The molecular formula is C22H24N6OS. The molecule has 1 N–H and O–H groups in total. The lowest BCUT2D eigenvalue weighted by molar-refractivity contribution is 0.102. The number of pyridine rings is 1. The van der Waals surface area contributed by atoms with Gasteiger partial charge >= 0.3 is 0 Å². The van der Waals surface area contributed by atoms with Crippen LogP contribution in [-0.2, 0) is 6.42 Å². The van der Waals surface area contributed by atoms with Crippen molar-refractivity contribution in [1.29, 1.82) is 0 Å². The van der Waals surface area contributed by atoms with E-state index in [2.05, 4.69) is 34.5 Å². The highest BCUT2D eigenvalue weighted by molar-refractivity contribution is 7.15. The molecule has 8 heteroatoms. The van der Waals surface area contributed by atoms with Gasteiger partial charge in [0.15, 0.2) is 5.65 Å². The van der Waals surface area contributed by atoms with E-state index >= 15 is 0 Å². The SMILES string of the molecule is CC(C)Cc1nnc(NC(=O)c2cc(-c3ccccc3)nc3c2cnn3C(C)C)s1. The third-order valence-corrected chi connectivity index (χ3v) is 5.50. The fraction of sp³-hybridized carbons (Fsp3) is 0.318. The number of nitrogens with zero attached hydrogens (tertiary/aromatic N) is 5. The minimum absolute atomic E-state index is 0.124. The van der Waals surface area contributed by atoms with Gasteiger partial charge in [0.05, 0.1) is 22.8 Å². The number of hydrogen-bond donors (Lipinski definition) is 1. The zero-order valence-corrected chi connectivity index (χ0v) is 18.3. The average molecular weight is 421 g/mol. The summed E-state index contributed by atoms with van der Waals surface area (Å²) in [5.41, 5.74) is 2.88. The van der Waals surface area contributed by atoms with Crippen LogP contribution in [0.4, 0.5) is 5.13 Å². The molecule has 154 valence electrons. The first kappa shape index (κ1) is 20.2. The number of carbonyl (C=O) groups is 1. The Morgan fingerprint density at radius 2 is 1.90 bits per heavy atom. The fourth-order valence-corrected chi connectivity index (χ4v) is 4.19. The largest absolute Gasteiger partial charge is 0.296 e. The van der Waals surface area contributed by atoms with Crippen LogP contribution in [0.25, 0.3) is 22.3 Å². The minimum Gasteiger partial charge on any atom is -0.296 e. The van der Waals surface area contributed by atoms with Crippen LogP contribution in [0.3, 0.4) is 0 Å². The zero-order chi connectivity index (χ0) is 21.3. The molecule has 0 unspecified atom stereocenters. The van der Waals surface area contributed by atoms with Crippen molar-refractivity contribution < 1.29 is 4.79 Å². The summed E-state index contributed by atoms with van der Waals surface area (Å²) in [6.45, 7) is 8.34. The minimum atomic E-state index is -0.241. The van der Waals surface area contributed by atoms with Gasteiger partial charge in [0.1, 0.15) is 5.01 Å². The second-order valence-electron chi connectivity index (χ2n) is 7.89. The maximum atomic E-state index is 13.2.